The van der Waals surface area contributed by atoms with Gasteiger partial charge in [0.1, 0.15) is 13.2 Å². The van der Waals surface area contributed by atoms with Crippen molar-refractivity contribution in [2.75, 3.05) is 40.4 Å². The molecule has 25 heavy (non-hydrogen) atoms. The van der Waals surface area contributed by atoms with E-state index < -0.39 is 0 Å². The van der Waals surface area contributed by atoms with E-state index in [0.29, 0.717) is 13.1 Å². The molecule has 0 fully saturated rings. The Morgan fingerprint density at radius 3 is 2.60 bits per heavy atom. The van der Waals surface area contributed by atoms with Crippen molar-refractivity contribution in [2.45, 2.75) is 19.4 Å². The molecule has 0 aromatic heterocycles. The van der Waals surface area contributed by atoms with Gasteiger partial charge in [-0.3, -0.25) is 14.4 Å². The molecule has 0 bridgehead atoms. The van der Waals surface area contributed by atoms with Gasteiger partial charge in [0.05, 0.1) is 0 Å². The Balaban J connectivity index is 1.64. The highest BCUT2D eigenvalue weighted by molar-refractivity contribution is 5.80. The van der Waals surface area contributed by atoms with Crippen LogP contribution in [0.5, 0.6) is 0 Å². The van der Waals surface area contributed by atoms with Crippen LogP contribution in [0.1, 0.15) is 17.5 Å². The van der Waals surface area contributed by atoms with Crippen LogP contribution in [0.3, 0.4) is 0 Å². The standard InChI is InChI=1S/C18H25N3O4/c1-20(2)17(23)7-9-19-16(22)12-25-13-18(24)21-10-8-14-5-3-4-6-15(14)11-21/h3-6H,7-13H2,1-2H3,(H,19,22). The second kappa shape index (κ2) is 9.17. The molecule has 0 saturated heterocycles. The van der Waals surface area contributed by atoms with Gasteiger partial charge < -0.3 is 19.9 Å². The lowest BCUT2D eigenvalue weighted by Crippen LogP contribution is -2.39. The van der Waals surface area contributed by atoms with Gasteiger partial charge in [0.15, 0.2) is 0 Å². The van der Waals surface area contributed by atoms with Gasteiger partial charge >= 0.3 is 0 Å². The molecule has 0 saturated carbocycles. The summed E-state index contributed by atoms with van der Waals surface area (Å²) in [6, 6.07) is 8.08. The Morgan fingerprint density at radius 2 is 1.88 bits per heavy atom. The van der Waals surface area contributed by atoms with E-state index >= 15 is 0 Å². The quantitative estimate of drug-likeness (QED) is 0.763. The average molecular weight is 347 g/mol. The number of hydrogen-bond donors (Lipinski definition) is 1. The molecule has 0 radical (unpaired) electrons. The lowest BCUT2D eigenvalue weighted by Gasteiger charge is -2.28. The van der Waals surface area contributed by atoms with Gasteiger partial charge in [-0.05, 0) is 17.5 Å². The first-order valence-electron chi connectivity index (χ1n) is 8.36. The molecule has 2 rings (SSSR count). The van der Waals surface area contributed by atoms with Crippen LogP contribution < -0.4 is 5.32 Å². The highest BCUT2D eigenvalue weighted by Crippen LogP contribution is 2.18. The van der Waals surface area contributed by atoms with E-state index in [4.69, 9.17) is 4.74 Å². The summed E-state index contributed by atoms with van der Waals surface area (Å²) in [7, 11) is 3.33. The normalized spacial score (nSPS) is 13.1. The van der Waals surface area contributed by atoms with E-state index in [2.05, 4.69) is 11.4 Å². The molecular formula is C18H25N3O4. The lowest BCUT2D eigenvalue weighted by molar-refractivity contribution is -0.139. The molecule has 136 valence electrons. The first kappa shape index (κ1) is 18.9. The van der Waals surface area contributed by atoms with E-state index in [-0.39, 0.29) is 43.9 Å². The van der Waals surface area contributed by atoms with Crippen molar-refractivity contribution in [2.24, 2.45) is 0 Å². The second-order valence-corrected chi connectivity index (χ2v) is 6.21. The molecule has 0 spiro atoms. The van der Waals surface area contributed by atoms with Gasteiger partial charge in [0.25, 0.3) is 0 Å². The van der Waals surface area contributed by atoms with Gasteiger partial charge in [-0.15, -0.1) is 0 Å². The molecule has 7 nitrogen and oxygen atoms in total. The van der Waals surface area contributed by atoms with Gasteiger partial charge in [-0.2, -0.15) is 0 Å². The maximum Gasteiger partial charge on any atom is 0.248 e. The summed E-state index contributed by atoms with van der Waals surface area (Å²) in [6.07, 6.45) is 1.08. The molecule has 0 atom stereocenters. The molecule has 1 aromatic rings. The maximum atomic E-state index is 12.2. The zero-order chi connectivity index (χ0) is 18.2. The Morgan fingerprint density at radius 1 is 1.16 bits per heavy atom. The Labute approximate surface area is 147 Å². The van der Waals surface area contributed by atoms with Gasteiger partial charge in [-0.25, -0.2) is 0 Å². The monoisotopic (exact) mass is 347 g/mol. The fourth-order valence-corrected chi connectivity index (χ4v) is 2.61. The van der Waals surface area contributed by atoms with Gasteiger partial charge in [0, 0.05) is 40.2 Å². The zero-order valence-electron chi connectivity index (χ0n) is 14.8. The third-order valence-electron chi connectivity index (χ3n) is 4.10. The SMILES string of the molecule is CN(C)C(=O)CCNC(=O)COCC(=O)N1CCc2ccccc2C1. The first-order chi connectivity index (χ1) is 12.0. The van der Waals surface area contributed by atoms with Gasteiger partial charge in [0.2, 0.25) is 17.7 Å². The minimum atomic E-state index is -0.330. The Hall–Kier alpha value is -2.41. The molecule has 1 aromatic carbocycles. The number of carbonyl (C=O) groups is 3. The first-order valence-corrected chi connectivity index (χ1v) is 8.36. The van der Waals surface area contributed by atoms with Crippen LogP contribution in [0.15, 0.2) is 24.3 Å². The number of ether oxygens (including phenoxy) is 1. The predicted octanol–water partition coefficient (Wildman–Crippen LogP) is 0.182. The van der Waals surface area contributed by atoms with Crippen LogP contribution in [-0.2, 0) is 32.1 Å². The van der Waals surface area contributed by atoms with Crippen LogP contribution in [0.4, 0.5) is 0 Å². The predicted molar refractivity (Wildman–Crippen MR) is 92.7 cm³/mol. The number of nitrogens with one attached hydrogen (secondary N) is 1. The second-order valence-electron chi connectivity index (χ2n) is 6.21. The largest absolute Gasteiger partial charge is 0.362 e. The third kappa shape index (κ3) is 5.86. The fraction of sp³-hybridized carbons (Fsp3) is 0.500. The molecule has 1 heterocycles. The van der Waals surface area contributed by atoms with E-state index in [0.717, 1.165) is 12.0 Å². The number of benzene rings is 1. The van der Waals surface area contributed by atoms with Crippen molar-refractivity contribution in [3.8, 4) is 0 Å². The van der Waals surface area contributed by atoms with Crippen LogP contribution in [0.25, 0.3) is 0 Å². The van der Waals surface area contributed by atoms with E-state index in [1.807, 2.05) is 18.2 Å². The van der Waals surface area contributed by atoms with Crippen molar-refractivity contribution in [3.05, 3.63) is 35.4 Å². The molecular weight excluding hydrogens is 322 g/mol. The van der Waals surface area contributed by atoms with Crippen molar-refractivity contribution in [1.29, 1.82) is 0 Å². The van der Waals surface area contributed by atoms with E-state index in [1.54, 1.807) is 19.0 Å². The van der Waals surface area contributed by atoms with Crippen molar-refractivity contribution >= 4 is 17.7 Å². The maximum absolute atomic E-state index is 12.2. The molecule has 3 amide bonds. The van der Waals surface area contributed by atoms with Crippen molar-refractivity contribution < 1.29 is 19.1 Å². The molecule has 0 unspecified atom stereocenters. The Bertz CT molecular complexity index is 631. The zero-order valence-corrected chi connectivity index (χ0v) is 14.8. The van der Waals surface area contributed by atoms with Crippen molar-refractivity contribution in [3.63, 3.8) is 0 Å². The number of rotatable bonds is 7. The number of carbonyl (C=O) groups excluding carboxylic acids is 3. The molecule has 0 aliphatic carbocycles. The summed E-state index contributed by atoms with van der Waals surface area (Å²) in [6.45, 7) is 1.20. The summed E-state index contributed by atoms with van der Waals surface area (Å²) >= 11 is 0. The smallest absolute Gasteiger partial charge is 0.248 e. The topological polar surface area (TPSA) is 79.0 Å². The Kier molecular flexibility index (Phi) is 6.94. The minimum absolute atomic E-state index is 0.0539. The summed E-state index contributed by atoms with van der Waals surface area (Å²) < 4.78 is 5.20. The fourth-order valence-electron chi connectivity index (χ4n) is 2.61. The van der Waals surface area contributed by atoms with Gasteiger partial charge in [-0.1, -0.05) is 24.3 Å². The average Bonchev–Trinajstić information content (AvgIpc) is 2.61. The number of hydrogen-bond acceptors (Lipinski definition) is 4. The van der Waals surface area contributed by atoms with E-state index in [9.17, 15) is 14.4 Å². The molecule has 1 aliphatic heterocycles. The molecule has 7 heteroatoms. The molecule has 1 N–H and O–H groups in total. The highest BCUT2D eigenvalue weighted by Gasteiger charge is 2.20. The third-order valence-corrected chi connectivity index (χ3v) is 4.10. The summed E-state index contributed by atoms with van der Waals surface area (Å²) in [5.74, 6) is -0.504. The van der Waals surface area contributed by atoms with Crippen molar-refractivity contribution in [1.82, 2.24) is 15.1 Å². The lowest BCUT2D eigenvalue weighted by atomic mass is 10.00. The minimum Gasteiger partial charge on any atom is -0.362 e. The van der Waals surface area contributed by atoms with E-state index in [1.165, 1.54) is 10.5 Å². The molecule has 1 aliphatic rings. The summed E-state index contributed by atoms with van der Waals surface area (Å²) in [4.78, 5) is 38.4. The summed E-state index contributed by atoms with van der Waals surface area (Å²) in [5, 5.41) is 2.60. The highest BCUT2D eigenvalue weighted by atomic mass is 16.5. The van der Waals surface area contributed by atoms with Crippen LogP contribution in [0, 0.1) is 0 Å². The number of nitrogens with zero attached hydrogens (tertiary/aromatic N) is 2. The summed E-state index contributed by atoms with van der Waals surface area (Å²) in [5.41, 5.74) is 2.43. The number of amides is 3. The number of fused-ring (bicyclic) bond motifs is 1. The van der Waals surface area contributed by atoms with Crippen LogP contribution in [0.2, 0.25) is 0 Å². The van der Waals surface area contributed by atoms with Crippen LogP contribution >= 0.6 is 0 Å². The van der Waals surface area contributed by atoms with Crippen LogP contribution in [-0.4, -0.2) is 67.9 Å².